The molecule has 0 fully saturated rings. The molecule has 0 aliphatic carbocycles. The van der Waals surface area contributed by atoms with Crippen molar-refractivity contribution in [3.8, 4) is 0 Å². The largest absolute Gasteiger partial charge is 0.367 e. The maximum Gasteiger partial charge on any atom is 0.0965 e. The lowest BCUT2D eigenvalue weighted by atomic mass is 10.2. The second kappa shape index (κ2) is 6.63. The highest BCUT2D eigenvalue weighted by Gasteiger charge is 1.90. The van der Waals surface area contributed by atoms with Crippen LogP contribution in [0.25, 0.3) is 0 Å². The lowest BCUT2D eigenvalue weighted by Crippen LogP contribution is -2.20. The van der Waals surface area contributed by atoms with Gasteiger partial charge in [-0.3, -0.25) is 5.32 Å². The first kappa shape index (κ1) is 10.2. The quantitative estimate of drug-likeness (QED) is 0.531. The van der Waals surface area contributed by atoms with Crippen molar-refractivity contribution in [1.82, 2.24) is 5.32 Å². The average Bonchev–Trinajstić information content (AvgIpc) is 2.19. The molecule has 2 nitrogen and oxygen atoms in total. The van der Waals surface area contributed by atoms with Gasteiger partial charge in [-0.05, 0) is 18.9 Å². The third-order valence-corrected chi connectivity index (χ3v) is 1.84. The lowest BCUT2D eigenvalue weighted by molar-refractivity contribution is 0.129. The fourth-order valence-corrected chi connectivity index (χ4v) is 1.12. The Hall–Kier alpha value is -0.860. The number of nitrogens with one attached hydrogen (secondary N) is 1. The summed E-state index contributed by atoms with van der Waals surface area (Å²) in [4.78, 5) is 0. The van der Waals surface area contributed by atoms with Gasteiger partial charge in [0, 0.05) is 13.2 Å². The van der Waals surface area contributed by atoms with Crippen molar-refractivity contribution in [3.05, 3.63) is 35.9 Å². The normalized spacial score (nSPS) is 10.2. The zero-order chi connectivity index (χ0) is 9.36. The molecule has 0 unspecified atom stereocenters. The van der Waals surface area contributed by atoms with E-state index in [0.717, 1.165) is 19.6 Å². The van der Waals surface area contributed by atoms with E-state index in [0.29, 0.717) is 6.73 Å². The summed E-state index contributed by atoms with van der Waals surface area (Å²) < 4.78 is 5.16. The van der Waals surface area contributed by atoms with Gasteiger partial charge in [-0.1, -0.05) is 30.3 Å². The highest BCUT2D eigenvalue weighted by atomic mass is 16.5. The monoisotopic (exact) mass is 179 g/mol. The Kier molecular flexibility index (Phi) is 5.22. The fourth-order valence-electron chi connectivity index (χ4n) is 1.12. The summed E-state index contributed by atoms with van der Waals surface area (Å²) >= 11 is 0. The van der Waals surface area contributed by atoms with Crippen LogP contribution in [-0.4, -0.2) is 19.9 Å². The second-order valence-corrected chi connectivity index (χ2v) is 2.87. The van der Waals surface area contributed by atoms with Gasteiger partial charge in [-0.25, -0.2) is 0 Å². The topological polar surface area (TPSA) is 21.3 Å². The smallest absolute Gasteiger partial charge is 0.0965 e. The predicted octanol–water partition coefficient (Wildman–Crippen LogP) is 1.81. The summed E-state index contributed by atoms with van der Waals surface area (Å²) in [5.41, 5.74) is 1.37. The Morgan fingerprint density at radius 3 is 2.69 bits per heavy atom. The predicted molar refractivity (Wildman–Crippen MR) is 54.6 cm³/mol. The van der Waals surface area contributed by atoms with E-state index in [-0.39, 0.29) is 0 Å². The molecule has 1 N–H and O–H groups in total. The van der Waals surface area contributed by atoms with Gasteiger partial charge in [-0.2, -0.15) is 0 Å². The maximum atomic E-state index is 5.16. The molecule has 0 heterocycles. The van der Waals surface area contributed by atoms with Crippen LogP contribution in [0.4, 0.5) is 0 Å². The molecule has 0 atom stereocenters. The minimum absolute atomic E-state index is 0.656. The Morgan fingerprint density at radius 2 is 2.00 bits per heavy atom. The molecule has 0 aliphatic heterocycles. The van der Waals surface area contributed by atoms with Gasteiger partial charge in [0.1, 0.15) is 0 Å². The van der Waals surface area contributed by atoms with Crippen molar-refractivity contribution in [3.63, 3.8) is 0 Å². The van der Waals surface area contributed by atoms with Crippen LogP contribution in [0.5, 0.6) is 0 Å². The Labute approximate surface area is 79.9 Å². The molecule has 0 saturated heterocycles. The molecule has 0 spiro atoms. The van der Waals surface area contributed by atoms with E-state index < -0.39 is 0 Å². The standard InChI is InChI=1S/C11H17NO/c1-2-13-10-12-9-8-11-6-4-3-5-7-11/h3-7,12H,2,8-10H2,1H3. The molecule has 1 aromatic rings. The molecule has 1 rings (SSSR count). The molecule has 0 aliphatic rings. The molecule has 2 heteroatoms. The van der Waals surface area contributed by atoms with Gasteiger partial charge in [0.2, 0.25) is 0 Å². The summed E-state index contributed by atoms with van der Waals surface area (Å²) in [6, 6.07) is 10.5. The van der Waals surface area contributed by atoms with Crippen molar-refractivity contribution in [2.24, 2.45) is 0 Å². The van der Waals surface area contributed by atoms with E-state index in [1.165, 1.54) is 5.56 Å². The van der Waals surface area contributed by atoms with E-state index in [9.17, 15) is 0 Å². The van der Waals surface area contributed by atoms with Gasteiger partial charge in [0.05, 0.1) is 6.73 Å². The molecule has 0 radical (unpaired) electrons. The van der Waals surface area contributed by atoms with Crippen LogP contribution in [-0.2, 0) is 11.2 Å². The molecular formula is C11H17NO. The first-order valence-electron chi connectivity index (χ1n) is 4.76. The highest BCUT2D eigenvalue weighted by molar-refractivity contribution is 5.14. The van der Waals surface area contributed by atoms with Gasteiger partial charge in [0.25, 0.3) is 0 Å². The Morgan fingerprint density at radius 1 is 1.23 bits per heavy atom. The van der Waals surface area contributed by atoms with Crippen molar-refractivity contribution >= 4 is 0 Å². The molecule has 1 aromatic carbocycles. The Balaban J connectivity index is 2.07. The van der Waals surface area contributed by atoms with Gasteiger partial charge in [-0.15, -0.1) is 0 Å². The molecule has 72 valence electrons. The number of hydrogen-bond acceptors (Lipinski definition) is 2. The van der Waals surface area contributed by atoms with Crippen molar-refractivity contribution in [1.29, 1.82) is 0 Å². The van der Waals surface area contributed by atoms with Crippen LogP contribution in [0.15, 0.2) is 30.3 Å². The van der Waals surface area contributed by atoms with Crippen molar-refractivity contribution in [2.75, 3.05) is 19.9 Å². The molecule has 0 amide bonds. The molecule has 13 heavy (non-hydrogen) atoms. The van der Waals surface area contributed by atoms with Gasteiger partial charge >= 0.3 is 0 Å². The van der Waals surface area contributed by atoms with Gasteiger partial charge < -0.3 is 4.74 Å². The molecule has 0 saturated carbocycles. The SMILES string of the molecule is CCOCNCCc1ccccc1. The zero-order valence-electron chi connectivity index (χ0n) is 8.12. The Bertz CT molecular complexity index is 211. The fraction of sp³-hybridized carbons (Fsp3) is 0.455. The van der Waals surface area contributed by atoms with E-state index in [1.54, 1.807) is 0 Å². The molecule has 0 aromatic heterocycles. The van der Waals surface area contributed by atoms with Crippen LogP contribution in [0, 0.1) is 0 Å². The summed E-state index contributed by atoms with van der Waals surface area (Å²) in [6.07, 6.45) is 1.06. The number of ether oxygens (including phenoxy) is 1. The first-order valence-corrected chi connectivity index (χ1v) is 4.76. The van der Waals surface area contributed by atoms with E-state index in [4.69, 9.17) is 4.74 Å². The minimum Gasteiger partial charge on any atom is -0.367 e. The van der Waals surface area contributed by atoms with Crippen LogP contribution in [0.3, 0.4) is 0 Å². The summed E-state index contributed by atoms with van der Waals surface area (Å²) in [5, 5.41) is 3.21. The highest BCUT2D eigenvalue weighted by Crippen LogP contribution is 1.97. The summed E-state index contributed by atoms with van der Waals surface area (Å²) in [7, 11) is 0. The number of hydrogen-bond donors (Lipinski definition) is 1. The maximum absolute atomic E-state index is 5.16. The van der Waals surface area contributed by atoms with E-state index in [1.807, 2.05) is 13.0 Å². The minimum atomic E-state index is 0.656. The third kappa shape index (κ3) is 4.65. The average molecular weight is 179 g/mol. The summed E-state index contributed by atoms with van der Waals surface area (Å²) in [5.74, 6) is 0. The summed E-state index contributed by atoms with van der Waals surface area (Å²) in [6.45, 7) is 4.41. The zero-order valence-corrected chi connectivity index (χ0v) is 8.12. The molecular weight excluding hydrogens is 162 g/mol. The van der Waals surface area contributed by atoms with Crippen LogP contribution >= 0.6 is 0 Å². The lowest BCUT2D eigenvalue weighted by Gasteiger charge is -2.04. The number of benzene rings is 1. The van der Waals surface area contributed by atoms with Crippen LogP contribution < -0.4 is 5.32 Å². The van der Waals surface area contributed by atoms with Gasteiger partial charge in [0.15, 0.2) is 0 Å². The van der Waals surface area contributed by atoms with Crippen molar-refractivity contribution < 1.29 is 4.74 Å². The van der Waals surface area contributed by atoms with E-state index >= 15 is 0 Å². The molecule has 0 bridgehead atoms. The van der Waals surface area contributed by atoms with Crippen LogP contribution in [0.2, 0.25) is 0 Å². The van der Waals surface area contributed by atoms with Crippen molar-refractivity contribution in [2.45, 2.75) is 13.3 Å². The van der Waals surface area contributed by atoms with Crippen LogP contribution in [0.1, 0.15) is 12.5 Å². The number of rotatable bonds is 6. The third-order valence-electron chi connectivity index (χ3n) is 1.84. The first-order chi connectivity index (χ1) is 6.43. The second-order valence-electron chi connectivity index (χ2n) is 2.87. The van der Waals surface area contributed by atoms with E-state index in [2.05, 4.69) is 29.6 Å².